The lowest BCUT2D eigenvalue weighted by Crippen LogP contribution is -2.14. The van der Waals surface area contributed by atoms with Gasteiger partial charge < -0.3 is 0 Å². The van der Waals surface area contributed by atoms with Gasteiger partial charge >= 0.3 is 0 Å². The minimum atomic E-state index is -3.52. The van der Waals surface area contributed by atoms with Crippen molar-refractivity contribution in [3.63, 3.8) is 0 Å². The molecule has 74 valence electrons. The Morgan fingerprint density at radius 1 is 1.50 bits per heavy atom. The number of rotatable bonds is 2. The fourth-order valence-corrected chi connectivity index (χ4v) is 1.76. The molecule has 0 unspecified atom stereocenters. The lowest BCUT2D eigenvalue weighted by Gasteiger charge is -2.01. The van der Waals surface area contributed by atoms with Gasteiger partial charge in [-0.15, -0.1) is 0 Å². The van der Waals surface area contributed by atoms with E-state index in [1.165, 1.54) is 0 Å². The van der Waals surface area contributed by atoms with Crippen LogP contribution in [0.2, 0.25) is 0 Å². The highest BCUT2D eigenvalue weighted by molar-refractivity contribution is 7.88. The second-order valence-electron chi connectivity index (χ2n) is 3.07. The van der Waals surface area contributed by atoms with E-state index < -0.39 is 10.0 Å². The van der Waals surface area contributed by atoms with E-state index in [4.69, 9.17) is 10.4 Å². The number of hydrogen-bond donors (Lipinski definition) is 1. The number of sulfonamides is 1. The standard InChI is InChI=1S/C9H10N2O2S/c1-7-2-3-8(4-9(7)5-10)6-14(11,12)13/h2-4H,6H2,1H3,(H2,11,12,13). The molecule has 0 atom stereocenters. The van der Waals surface area contributed by atoms with Gasteiger partial charge in [-0.3, -0.25) is 0 Å². The third-order valence-electron chi connectivity index (χ3n) is 1.79. The molecule has 0 amide bonds. The summed E-state index contributed by atoms with van der Waals surface area (Å²) >= 11 is 0. The van der Waals surface area contributed by atoms with Crippen LogP contribution in [0.3, 0.4) is 0 Å². The van der Waals surface area contributed by atoms with Crippen LogP contribution in [0.15, 0.2) is 18.2 Å². The highest BCUT2D eigenvalue weighted by Crippen LogP contribution is 2.11. The molecule has 14 heavy (non-hydrogen) atoms. The van der Waals surface area contributed by atoms with E-state index in [1.54, 1.807) is 25.1 Å². The summed E-state index contributed by atoms with van der Waals surface area (Å²) in [5, 5.41) is 13.6. The van der Waals surface area contributed by atoms with Gasteiger partial charge in [0.1, 0.15) is 0 Å². The van der Waals surface area contributed by atoms with Crippen molar-refractivity contribution in [2.75, 3.05) is 0 Å². The number of nitriles is 1. The van der Waals surface area contributed by atoms with E-state index in [9.17, 15) is 8.42 Å². The molecule has 5 heteroatoms. The van der Waals surface area contributed by atoms with Gasteiger partial charge in [-0.05, 0) is 24.1 Å². The first-order valence-corrected chi connectivity index (χ1v) is 5.64. The van der Waals surface area contributed by atoms with Crippen molar-refractivity contribution in [2.45, 2.75) is 12.7 Å². The van der Waals surface area contributed by atoms with Crippen molar-refractivity contribution in [1.82, 2.24) is 0 Å². The summed E-state index contributed by atoms with van der Waals surface area (Å²) in [7, 11) is -3.52. The van der Waals surface area contributed by atoms with Crippen LogP contribution in [-0.4, -0.2) is 8.42 Å². The van der Waals surface area contributed by atoms with Crippen LogP contribution >= 0.6 is 0 Å². The Morgan fingerprint density at radius 3 is 2.64 bits per heavy atom. The van der Waals surface area contributed by atoms with Gasteiger partial charge in [-0.2, -0.15) is 5.26 Å². The second kappa shape index (κ2) is 3.78. The number of nitrogens with two attached hydrogens (primary N) is 1. The number of nitrogens with zero attached hydrogens (tertiary/aromatic N) is 1. The van der Waals surface area contributed by atoms with Gasteiger partial charge in [0.05, 0.1) is 17.4 Å². The average molecular weight is 210 g/mol. The Labute approximate surface area is 83.0 Å². The van der Waals surface area contributed by atoms with Crippen LogP contribution < -0.4 is 5.14 Å². The largest absolute Gasteiger partial charge is 0.228 e. The molecule has 0 heterocycles. The molecule has 1 rings (SSSR count). The smallest absolute Gasteiger partial charge is 0.213 e. The Hall–Kier alpha value is -1.38. The monoisotopic (exact) mass is 210 g/mol. The quantitative estimate of drug-likeness (QED) is 0.778. The fourth-order valence-electron chi connectivity index (χ4n) is 1.11. The summed E-state index contributed by atoms with van der Waals surface area (Å²) in [4.78, 5) is 0. The van der Waals surface area contributed by atoms with E-state index in [1.807, 2.05) is 6.07 Å². The molecule has 1 aromatic carbocycles. The first-order chi connectivity index (χ1) is 6.42. The highest BCUT2D eigenvalue weighted by atomic mass is 32.2. The third kappa shape index (κ3) is 2.83. The van der Waals surface area contributed by atoms with Crippen LogP contribution in [0.5, 0.6) is 0 Å². The van der Waals surface area contributed by atoms with Gasteiger partial charge in [0.2, 0.25) is 10.0 Å². The summed E-state index contributed by atoms with van der Waals surface area (Å²) in [6.07, 6.45) is 0. The minimum absolute atomic E-state index is 0.234. The maximum Gasteiger partial charge on any atom is 0.213 e. The molecule has 0 bridgehead atoms. The molecule has 0 saturated carbocycles. The Bertz CT molecular complexity index is 486. The maximum absolute atomic E-state index is 10.8. The molecule has 0 aliphatic heterocycles. The van der Waals surface area contributed by atoms with Crippen molar-refractivity contribution in [3.05, 3.63) is 34.9 Å². The summed E-state index contributed by atoms with van der Waals surface area (Å²) < 4.78 is 21.6. The van der Waals surface area contributed by atoms with E-state index >= 15 is 0 Å². The zero-order valence-corrected chi connectivity index (χ0v) is 8.50. The fraction of sp³-hybridized carbons (Fsp3) is 0.222. The third-order valence-corrected chi connectivity index (χ3v) is 2.53. The zero-order valence-electron chi connectivity index (χ0n) is 7.69. The van der Waals surface area contributed by atoms with E-state index in [2.05, 4.69) is 0 Å². The molecular formula is C9H10N2O2S. The Balaban J connectivity index is 3.09. The van der Waals surface area contributed by atoms with Crippen LogP contribution in [0.4, 0.5) is 0 Å². The number of benzene rings is 1. The van der Waals surface area contributed by atoms with E-state index in [-0.39, 0.29) is 5.75 Å². The van der Waals surface area contributed by atoms with Gasteiger partial charge in [0, 0.05) is 0 Å². The van der Waals surface area contributed by atoms with Gasteiger partial charge in [0.15, 0.2) is 0 Å². The maximum atomic E-state index is 10.8. The highest BCUT2D eigenvalue weighted by Gasteiger charge is 2.06. The first-order valence-electron chi connectivity index (χ1n) is 3.92. The molecule has 0 aromatic heterocycles. The predicted octanol–water partition coefficient (Wildman–Crippen LogP) is 0.655. The van der Waals surface area contributed by atoms with E-state index in [0.717, 1.165) is 5.56 Å². The lowest BCUT2D eigenvalue weighted by atomic mass is 10.1. The lowest BCUT2D eigenvalue weighted by molar-refractivity contribution is 0.597. The Morgan fingerprint density at radius 2 is 2.14 bits per heavy atom. The second-order valence-corrected chi connectivity index (χ2v) is 4.68. The van der Waals surface area contributed by atoms with Gasteiger partial charge in [0.25, 0.3) is 0 Å². The van der Waals surface area contributed by atoms with Crippen molar-refractivity contribution < 1.29 is 8.42 Å². The average Bonchev–Trinajstić information content (AvgIpc) is 2.06. The van der Waals surface area contributed by atoms with E-state index in [0.29, 0.717) is 11.1 Å². The molecule has 2 N–H and O–H groups in total. The van der Waals surface area contributed by atoms with Crippen LogP contribution in [-0.2, 0) is 15.8 Å². The SMILES string of the molecule is Cc1ccc(CS(N)(=O)=O)cc1C#N. The number of aryl methyl sites for hydroxylation is 1. The van der Waals surface area contributed by atoms with Crippen molar-refractivity contribution >= 4 is 10.0 Å². The number of hydrogen-bond acceptors (Lipinski definition) is 3. The molecule has 0 fully saturated rings. The first kappa shape index (κ1) is 10.7. The van der Waals surface area contributed by atoms with Gasteiger partial charge in [-0.25, -0.2) is 13.6 Å². The summed E-state index contributed by atoms with van der Waals surface area (Å²) in [6.45, 7) is 1.79. The topological polar surface area (TPSA) is 84.0 Å². The molecule has 0 radical (unpaired) electrons. The molecule has 0 spiro atoms. The molecule has 0 aliphatic carbocycles. The van der Waals surface area contributed by atoms with Gasteiger partial charge in [-0.1, -0.05) is 12.1 Å². The molecule has 1 aromatic rings. The minimum Gasteiger partial charge on any atom is -0.228 e. The predicted molar refractivity (Wildman–Crippen MR) is 52.7 cm³/mol. The molecule has 0 saturated heterocycles. The normalized spacial score (nSPS) is 10.9. The van der Waals surface area contributed by atoms with Crippen molar-refractivity contribution in [2.24, 2.45) is 5.14 Å². The number of primary sulfonamides is 1. The summed E-state index contributed by atoms with van der Waals surface area (Å²) in [5.41, 5.74) is 1.84. The molecule has 4 nitrogen and oxygen atoms in total. The van der Waals surface area contributed by atoms with Crippen LogP contribution in [0.1, 0.15) is 16.7 Å². The molecule has 0 aliphatic rings. The van der Waals surface area contributed by atoms with Crippen LogP contribution in [0.25, 0.3) is 0 Å². The Kier molecular flexibility index (Phi) is 2.89. The molecular weight excluding hydrogens is 200 g/mol. The summed E-state index contributed by atoms with van der Waals surface area (Å²) in [5.74, 6) is -0.234. The van der Waals surface area contributed by atoms with Crippen LogP contribution in [0, 0.1) is 18.3 Å². The zero-order chi connectivity index (χ0) is 10.8. The van der Waals surface area contributed by atoms with Crippen molar-refractivity contribution in [1.29, 1.82) is 5.26 Å². The van der Waals surface area contributed by atoms with Crippen molar-refractivity contribution in [3.8, 4) is 6.07 Å². The summed E-state index contributed by atoms with van der Waals surface area (Å²) in [6, 6.07) is 6.89.